The second kappa shape index (κ2) is 12.8. The fourth-order valence-corrected chi connectivity index (χ4v) is 3.54. The smallest absolute Gasteiger partial charge is 0.309 e. The van der Waals surface area contributed by atoms with E-state index in [-0.39, 0.29) is 5.41 Å². The first-order valence-electron chi connectivity index (χ1n) is 10.9. The standard InChI is InChI=1S/C23H46O2/c1-7-8-9-10-11-12-13-14-15-16-17-18-19-20(2)22(3,4)23(5,6)21(24)25/h20H,7-19H2,1-6H3,(H,24,25). The molecule has 0 aliphatic heterocycles. The van der Waals surface area contributed by atoms with Crippen LogP contribution in [0.25, 0.3) is 0 Å². The van der Waals surface area contributed by atoms with E-state index in [4.69, 9.17) is 0 Å². The van der Waals surface area contributed by atoms with E-state index in [1.807, 2.05) is 13.8 Å². The summed E-state index contributed by atoms with van der Waals surface area (Å²) in [5.41, 5.74) is -0.861. The first kappa shape index (κ1) is 24.5. The average Bonchev–Trinajstić information content (AvgIpc) is 2.55. The zero-order valence-corrected chi connectivity index (χ0v) is 18.1. The van der Waals surface area contributed by atoms with Gasteiger partial charge in [-0.3, -0.25) is 4.79 Å². The lowest BCUT2D eigenvalue weighted by atomic mass is 9.60. The van der Waals surface area contributed by atoms with Gasteiger partial charge in [0.15, 0.2) is 0 Å². The number of carboxylic acid groups (broad SMARTS) is 1. The van der Waals surface area contributed by atoms with Crippen molar-refractivity contribution in [2.45, 2.75) is 125 Å². The predicted octanol–water partition coefficient (Wildman–Crippen LogP) is 7.85. The number of aliphatic carboxylic acids is 1. The molecule has 0 aromatic rings. The Labute approximate surface area is 158 Å². The van der Waals surface area contributed by atoms with Crippen molar-refractivity contribution < 1.29 is 9.90 Å². The molecule has 2 heteroatoms. The third-order valence-electron chi connectivity index (χ3n) is 6.87. The molecule has 0 fully saturated rings. The molecule has 0 radical (unpaired) electrons. The zero-order chi connectivity index (χ0) is 19.3. The average molecular weight is 355 g/mol. The maximum absolute atomic E-state index is 11.5. The Hall–Kier alpha value is -0.530. The first-order valence-corrected chi connectivity index (χ1v) is 10.9. The number of hydrogen-bond donors (Lipinski definition) is 1. The quantitative estimate of drug-likeness (QED) is 0.286. The van der Waals surface area contributed by atoms with Crippen molar-refractivity contribution in [3.8, 4) is 0 Å². The molecule has 25 heavy (non-hydrogen) atoms. The molecule has 0 saturated heterocycles. The predicted molar refractivity (Wildman–Crippen MR) is 110 cm³/mol. The summed E-state index contributed by atoms with van der Waals surface area (Å²) in [6, 6.07) is 0. The molecule has 0 aliphatic rings. The highest BCUT2D eigenvalue weighted by Gasteiger charge is 2.46. The Kier molecular flexibility index (Phi) is 12.5. The van der Waals surface area contributed by atoms with Crippen molar-refractivity contribution in [2.75, 3.05) is 0 Å². The minimum atomic E-state index is -0.681. The number of rotatable bonds is 16. The minimum absolute atomic E-state index is 0.184. The van der Waals surface area contributed by atoms with Crippen molar-refractivity contribution in [1.29, 1.82) is 0 Å². The molecule has 0 spiro atoms. The van der Waals surface area contributed by atoms with Crippen molar-refractivity contribution in [2.24, 2.45) is 16.7 Å². The molecular formula is C23H46O2. The molecule has 0 aliphatic carbocycles. The molecule has 1 atom stereocenters. The maximum atomic E-state index is 11.5. The van der Waals surface area contributed by atoms with Crippen LogP contribution in [0.3, 0.4) is 0 Å². The topological polar surface area (TPSA) is 37.3 Å². The van der Waals surface area contributed by atoms with Gasteiger partial charge in [-0.05, 0) is 25.2 Å². The van der Waals surface area contributed by atoms with E-state index < -0.39 is 11.4 Å². The fourth-order valence-electron chi connectivity index (χ4n) is 3.54. The minimum Gasteiger partial charge on any atom is -0.481 e. The lowest BCUT2D eigenvalue weighted by molar-refractivity contribution is -0.156. The van der Waals surface area contributed by atoms with Crippen LogP contribution < -0.4 is 0 Å². The maximum Gasteiger partial charge on any atom is 0.309 e. The molecule has 2 nitrogen and oxygen atoms in total. The Balaban J connectivity index is 3.70. The molecule has 0 amide bonds. The highest BCUT2D eigenvalue weighted by molar-refractivity contribution is 5.74. The van der Waals surface area contributed by atoms with Crippen LogP contribution >= 0.6 is 0 Å². The van der Waals surface area contributed by atoms with E-state index in [1.165, 1.54) is 77.0 Å². The van der Waals surface area contributed by atoms with E-state index in [2.05, 4.69) is 27.7 Å². The molecule has 0 heterocycles. The van der Waals surface area contributed by atoms with Gasteiger partial charge >= 0.3 is 5.97 Å². The number of carbonyl (C=O) groups is 1. The molecular weight excluding hydrogens is 308 g/mol. The zero-order valence-electron chi connectivity index (χ0n) is 18.1. The van der Waals surface area contributed by atoms with E-state index in [0.717, 1.165) is 6.42 Å². The summed E-state index contributed by atoms with van der Waals surface area (Å²) in [7, 11) is 0. The summed E-state index contributed by atoms with van der Waals surface area (Å²) in [5, 5.41) is 9.50. The summed E-state index contributed by atoms with van der Waals surface area (Å²) >= 11 is 0. The molecule has 0 aromatic heterocycles. The number of hydrogen-bond acceptors (Lipinski definition) is 1. The van der Waals surface area contributed by atoms with Gasteiger partial charge in [0.2, 0.25) is 0 Å². The summed E-state index contributed by atoms with van der Waals surface area (Å²) in [6.07, 6.45) is 17.6. The van der Waals surface area contributed by atoms with Gasteiger partial charge in [-0.1, -0.05) is 111 Å². The largest absolute Gasteiger partial charge is 0.481 e. The normalized spacial score (nSPS) is 13.8. The summed E-state index contributed by atoms with van der Waals surface area (Å²) in [5.74, 6) is -0.249. The Morgan fingerprint density at radius 1 is 0.760 bits per heavy atom. The van der Waals surface area contributed by atoms with Crippen LogP contribution in [-0.2, 0) is 4.79 Å². The van der Waals surface area contributed by atoms with Gasteiger partial charge < -0.3 is 5.11 Å². The van der Waals surface area contributed by atoms with Gasteiger partial charge in [0, 0.05) is 0 Å². The lowest BCUT2D eigenvalue weighted by Gasteiger charge is -2.43. The first-order chi connectivity index (χ1) is 11.7. The van der Waals surface area contributed by atoms with Crippen molar-refractivity contribution >= 4 is 5.97 Å². The number of unbranched alkanes of at least 4 members (excludes halogenated alkanes) is 11. The summed E-state index contributed by atoms with van der Waals surface area (Å²) in [4.78, 5) is 11.5. The Morgan fingerprint density at radius 3 is 1.48 bits per heavy atom. The van der Waals surface area contributed by atoms with Gasteiger partial charge in [0.25, 0.3) is 0 Å². The van der Waals surface area contributed by atoms with Crippen LogP contribution in [0, 0.1) is 16.7 Å². The molecule has 0 aromatic carbocycles. The fraction of sp³-hybridized carbons (Fsp3) is 0.957. The van der Waals surface area contributed by atoms with Crippen molar-refractivity contribution in [1.82, 2.24) is 0 Å². The summed E-state index contributed by atoms with van der Waals surface area (Å²) in [6.45, 7) is 12.5. The third-order valence-corrected chi connectivity index (χ3v) is 6.87. The van der Waals surface area contributed by atoms with Crippen LogP contribution in [0.1, 0.15) is 125 Å². The SMILES string of the molecule is CCCCCCCCCCCCCCC(C)C(C)(C)C(C)(C)C(=O)O. The molecule has 1 N–H and O–H groups in total. The van der Waals surface area contributed by atoms with Gasteiger partial charge in [-0.15, -0.1) is 0 Å². The molecule has 0 bridgehead atoms. The Bertz CT molecular complexity index is 344. The molecule has 1 unspecified atom stereocenters. The second-order valence-electron chi connectivity index (χ2n) is 9.23. The van der Waals surface area contributed by atoms with Crippen LogP contribution in [0.15, 0.2) is 0 Å². The van der Waals surface area contributed by atoms with Crippen molar-refractivity contribution in [3.05, 3.63) is 0 Å². The second-order valence-corrected chi connectivity index (χ2v) is 9.23. The van der Waals surface area contributed by atoms with Crippen LogP contribution in [0.2, 0.25) is 0 Å². The van der Waals surface area contributed by atoms with E-state index in [0.29, 0.717) is 5.92 Å². The monoisotopic (exact) mass is 354 g/mol. The van der Waals surface area contributed by atoms with Crippen LogP contribution in [-0.4, -0.2) is 11.1 Å². The van der Waals surface area contributed by atoms with E-state index >= 15 is 0 Å². The summed E-state index contributed by atoms with van der Waals surface area (Å²) < 4.78 is 0. The Morgan fingerprint density at radius 2 is 1.12 bits per heavy atom. The van der Waals surface area contributed by atoms with Gasteiger partial charge in [-0.25, -0.2) is 0 Å². The third kappa shape index (κ3) is 9.11. The van der Waals surface area contributed by atoms with Crippen LogP contribution in [0.4, 0.5) is 0 Å². The molecule has 150 valence electrons. The lowest BCUT2D eigenvalue weighted by Crippen LogP contribution is -2.43. The van der Waals surface area contributed by atoms with E-state index in [1.54, 1.807) is 0 Å². The van der Waals surface area contributed by atoms with Gasteiger partial charge in [-0.2, -0.15) is 0 Å². The van der Waals surface area contributed by atoms with Crippen LogP contribution in [0.5, 0.6) is 0 Å². The van der Waals surface area contributed by atoms with E-state index in [9.17, 15) is 9.90 Å². The number of carboxylic acids is 1. The van der Waals surface area contributed by atoms with Crippen molar-refractivity contribution in [3.63, 3.8) is 0 Å². The highest BCUT2D eigenvalue weighted by Crippen LogP contribution is 2.46. The molecule has 0 saturated carbocycles. The van der Waals surface area contributed by atoms with Gasteiger partial charge in [0.05, 0.1) is 5.41 Å². The highest BCUT2D eigenvalue weighted by atomic mass is 16.4. The van der Waals surface area contributed by atoms with Gasteiger partial charge in [0.1, 0.15) is 0 Å². The molecule has 0 rings (SSSR count).